The summed E-state index contributed by atoms with van der Waals surface area (Å²) in [5.74, 6) is 0. The van der Waals surface area contributed by atoms with Crippen molar-refractivity contribution in [1.82, 2.24) is 15.5 Å². The van der Waals surface area contributed by atoms with Gasteiger partial charge in [-0.2, -0.15) is 0 Å². The molecule has 3 heteroatoms. The summed E-state index contributed by atoms with van der Waals surface area (Å²) < 4.78 is 0. The Morgan fingerprint density at radius 1 is 1.13 bits per heavy atom. The summed E-state index contributed by atoms with van der Waals surface area (Å²) in [4.78, 5) is 2.53. The van der Waals surface area contributed by atoms with Crippen LogP contribution < -0.4 is 10.6 Å². The summed E-state index contributed by atoms with van der Waals surface area (Å²) in [6, 6.07) is 8.74. The Labute approximate surface area is 90.5 Å². The van der Waals surface area contributed by atoms with Crippen molar-refractivity contribution in [2.75, 3.05) is 26.2 Å². The van der Waals surface area contributed by atoms with Crippen LogP contribution >= 0.6 is 0 Å². The second-order valence-corrected chi connectivity index (χ2v) is 4.27. The molecule has 1 aromatic rings. The van der Waals surface area contributed by atoms with Gasteiger partial charge < -0.3 is 5.32 Å². The highest BCUT2D eigenvalue weighted by Crippen LogP contribution is 2.27. The zero-order valence-corrected chi connectivity index (χ0v) is 8.87. The van der Waals surface area contributed by atoms with Gasteiger partial charge in [0.15, 0.2) is 0 Å². The second-order valence-electron chi connectivity index (χ2n) is 4.27. The first kappa shape index (κ1) is 9.33. The molecule has 0 spiro atoms. The molecule has 2 heterocycles. The summed E-state index contributed by atoms with van der Waals surface area (Å²) in [6.45, 7) is 5.53. The number of piperazine rings is 1. The average molecular weight is 203 g/mol. The Balaban J connectivity index is 1.83. The SMILES string of the molecule is c1ccc2c(c1)CNC2N1CCNCC1. The van der Waals surface area contributed by atoms with Crippen LogP contribution in [0.15, 0.2) is 24.3 Å². The van der Waals surface area contributed by atoms with Crippen LogP contribution in [0.4, 0.5) is 0 Å². The van der Waals surface area contributed by atoms with E-state index in [0.717, 1.165) is 32.7 Å². The van der Waals surface area contributed by atoms with E-state index in [1.165, 1.54) is 11.1 Å². The van der Waals surface area contributed by atoms with Crippen molar-refractivity contribution in [3.63, 3.8) is 0 Å². The largest absolute Gasteiger partial charge is 0.314 e. The minimum absolute atomic E-state index is 0.448. The van der Waals surface area contributed by atoms with Crippen molar-refractivity contribution >= 4 is 0 Å². The second kappa shape index (κ2) is 3.93. The fourth-order valence-corrected chi connectivity index (χ4v) is 2.54. The highest BCUT2D eigenvalue weighted by molar-refractivity contribution is 5.33. The molecule has 0 amide bonds. The highest BCUT2D eigenvalue weighted by Gasteiger charge is 2.27. The molecule has 2 aliphatic rings. The van der Waals surface area contributed by atoms with Crippen LogP contribution in [0.3, 0.4) is 0 Å². The maximum atomic E-state index is 3.59. The molecule has 0 aliphatic carbocycles. The monoisotopic (exact) mass is 203 g/mol. The fraction of sp³-hybridized carbons (Fsp3) is 0.500. The molecule has 3 rings (SSSR count). The van der Waals surface area contributed by atoms with Crippen LogP contribution in [0.2, 0.25) is 0 Å². The number of nitrogens with zero attached hydrogens (tertiary/aromatic N) is 1. The summed E-state index contributed by atoms with van der Waals surface area (Å²) in [5.41, 5.74) is 2.93. The van der Waals surface area contributed by atoms with Gasteiger partial charge in [0, 0.05) is 32.7 Å². The maximum Gasteiger partial charge on any atom is 0.0867 e. The summed E-state index contributed by atoms with van der Waals surface area (Å²) >= 11 is 0. The lowest BCUT2D eigenvalue weighted by Crippen LogP contribution is -2.47. The van der Waals surface area contributed by atoms with Gasteiger partial charge in [0.05, 0.1) is 6.17 Å². The van der Waals surface area contributed by atoms with Crippen LogP contribution in [0.25, 0.3) is 0 Å². The normalized spacial score (nSPS) is 26.5. The van der Waals surface area contributed by atoms with Crippen molar-refractivity contribution in [2.45, 2.75) is 12.7 Å². The number of benzene rings is 1. The number of rotatable bonds is 1. The van der Waals surface area contributed by atoms with Gasteiger partial charge in [-0.25, -0.2) is 0 Å². The van der Waals surface area contributed by atoms with Gasteiger partial charge in [-0.3, -0.25) is 10.2 Å². The molecule has 1 atom stereocenters. The Bertz CT molecular complexity index is 344. The molecule has 2 N–H and O–H groups in total. The van der Waals surface area contributed by atoms with Crippen molar-refractivity contribution in [1.29, 1.82) is 0 Å². The summed E-state index contributed by atoms with van der Waals surface area (Å²) in [7, 11) is 0. The van der Waals surface area contributed by atoms with Gasteiger partial charge in [0.1, 0.15) is 0 Å². The predicted octanol–water partition coefficient (Wildman–Crippen LogP) is 0.694. The van der Waals surface area contributed by atoms with E-state index in [0.29, 0.717) is 6.17 Å². The van der Waals surface area contributed by atoms with Crippen LogP contribution in [0, 0.1) is 0 Å². The molecule has 0 aromatic heterocycles. The highest BCUT2D eigenvalue weighted by atomic mass is 15.3. The summed E-state index contributed by atoms with van der Waals surface area (Å²) in [6.07, 6.45) is 0.448. The lowest BCUT2D eigenvalue weighted by molar-refractivity contribution is 0.154. The lowest BCUT2D eigenvalue weighted by atomic mass is 10.1. The molecular weight excluding hydrogens is 186 g/mol. The van der Waals surface area contributed by atoms with Crippen LogP contribution in [0.5, 0.6) is 0 Å². The third-order valence-electron chi connectivity index (χ3n) is 3.35. The molecular formula is C12H17N3. The van der Waals surface area contributed by atoms with Crippen LogP contribution in [-0.2, 0) is 6.54 Å². The first-order chi connectivity index (χ1) is 7.45. The molecule has 0 saturated carbocycles. The van der Waals surface area contributed by atoms with Crippen LogP contribution in [-0.4, -0.2) is 31.1 Å². The lowest BCUT2D eigenvalue weighted by Gasteiger charge is -2.33. The molecule has 0 bridgehead atoms. The van der Waals surface area contributed by atoms with Gasteiger partial charge in [-0.05, 0) is 11.1 Å². The smallest absolute Gasteiger partial charge is 0.0867 e. The van der Waals surface area contributed by atoms with E-state index >= 15 is 0 Å². The molecule has 15 heavy (non-hydrogen) atoms. The van der Waals surface area contributed by atoms with Crippen molar-refractivity contribution in [3.05, 3.63) is 35.4 Å². The van der Waals surface area contributed by atoms with Gasteiger partial charge in [0.25, 0.3) is 0 Å². The zero-order valence-electron chi connectivity index (χ0n) is 8.87. The molecule has 2 aliphatic heterocycles. The molecule has 1 saturated heterocycles. The molecule has 80 valence electrons. The van der Waals surface area contributed by atoms with Crippen LogP contribution in [0.1, 0.15) is 17.3 Å². The van der Waals surface area contributed by atoms with E-state index in [9.17, 15) is 0 Å². The number of hydrogen-bond donors (Lipinski definition) is 2. The fourth-order valence-electron chi connectivity index (χ4n) is 2.54. The van der Waals surface area contributed by atoms with E-state index in [-0.39, 0.29) is 0 Å². The molecule has 1 aromatic carbocycles. The molecule has 0 radical (unpaired) electrons. The number of fused-ring (bicyclic) bond motifs is 1. The number of hydrogen-bond acceptors (Lipinski definition) is 3. The Morgan fingerprint density at radius 3 is 2.80 bits per heavy atom. The number of nitrogens with one attached hydrogen (secondary N) is 2. The van der Waals surface area contributed by atoms with E-state index in [1.54, 1.807) is 0 Å². The zero-order chi connectivity index (χ0) is 10.1. The van der Waals surface area contributed by atoms with Crippen molar-refractivity contribution < 1.29 is 0 Å². The first-order valence-corrected chi connectivity index (χ1v) is 5.71. The minimum Gasteiger partial charge on any atom is -0.314 e. The third kappa shape index (κ3) is 1.67. The van der Waals surface area contributed by atoms with E-state index in [4.69, 9.17) is 0 Å². The maximum absolute atomic E-state index is 3.59. The predicted molar refractivity (Wildman–Crippen MR) is 60.5 cm³/mol. The molecule has 1 fully saturated rings. The third-order valence-corrected chi connectivity index (χ3v) is 3.35. The van der Waals surface area contributed by atoms with E-state index in [1.807, 2.05) is 0 Å². The Hall–Kier alpha value is -0.900. The van der Waals surface area contributed by atoms with Gasteiger partial charge in [0.2, 0.25) is 0 Å². The first-order valence-electron chi connectivity index (χ1n) is 5.71. The van der Waals surface area contributed by atoms with Crippen molar-refractivity contribution in [2.24, 2.45) is 0 Å². The summed E-state index contributed by atoms with van der Waals surface area (Å²) in [5, 5.41) is 6.98. The topological polar surface area (TPSA) is 27.3 Å². The van der Waals surface area contributed by atoms with Gasteiger partial charge in [-0.1, -0.05) is 24.3 Å². The van der Waals surface area contributed by atoms with Gasteiger partial charge in [-0.15, -0.1) is 0 Å². The minimum atomic E-state index is 0.448. The van der Waals surface area contributed by atoms with E-state index < -0.39 is 0 Å². The molecule has 3 nitrogen and oxygen atoms in total. The standard InChI is InChI=1S/C12H17N3/c1-2-4-11-10(3-1)9-14-12(11)15-7-5-13-6-8-15/h1-4,12-14H,5-9H2. The van der Waals surface area contributed by atoms with Gasteiger partial charge >= 0.3 is 0 Å². The average Bonchev–Trinajstić information content (AvgIpc) is 2.74. The Kier molecular flexibility index (Phi) is 2.44. The quantitative estimate of drug-likeness (QED) is 0.703. The molecule has 1 unspecified atom stereocenters. The van der Waals surface area contributed by atoms with Crippen molar-refractivity contribution in [3.8, 4) is 0 Å². The Morgan fingerprint density at radius 2 is 1.93 bits per heavy atom. The van der Waals surface area contributed by atoms with E-state index in [2.05, 4.69) is 39.8 Å².